The summed E-state index contributed by atoms with van der Waals surface area (Å²) in [4.78, 5) is 8.86. The predicted molar refractivity (Wildman–Crippen MR) is 90.7 cm³/mol. The van der Waals surface area contributed by atoms with E-state index in [9.17, 15) is 0 Å². The molecular weight excluding hydrogens is 276 g/mol. The topological polar surface area (TPSA) is 34.5 Å². The predicted octanol–water partition coefficient (Wildman–Crippen LogP) is 4.48. The van der Waals surface area contributed by atoms with Gasteiger partial charge >= 0.3 is 0 Å². The zero-order chi connectivity index (χ0) is 15.3. The molecule has 1 unspecified atom stereocenters. The third-order valence-electron chi connectivity index (χ3n) is 2.90. The smallest absolute Gasteiger partial charge is 0.242 e. The van der Waals surface area contributed by atoms with Crippen molar-refractivity contribution in [2.75, 3.05) is 0 Å². The molecule has 0 saturated heterocycles. The van der Waals surface area contributed by atoms with Gasteiger partial charge in [-0.05, 0) is 44.8 Å². The average molecular weight is 298 g/mol. The maximum absolute atomic E-state index is 6.16. The van der Waals surface area contributed by atoms with Crippen LogP contribution in [0.15, 0.2) is 53.7 Å². The van der Waals surface area contributed by atoms with E-state index in [1.165, 1.54) is 0 Å². The van der Waals surface area contributed by atoms with E-state index in [4.69, 9.17) is 4.43 Å². The largest absolute Gasteiger partial charge is 0.544 e. The molecule has 0 aliphatic carbocycles. The molecule has 0 fully saturated rings. The molecule has 110 valence electrons. The Kier molecular flexibility index (Phi) is 4.91. The number of para-hydroxylation sites is 1. The van der Waals surface area contributed by atoms with Crippen LogP contribution in [0.3, 0.4) is 0 Å². The van der Waals surface area contributed by atoms with Crippen LogP contribution >= 0.6 is 0 Å². The summed E-state index contributed by atoms with van der Waals surface area (Å²) in [7, 11) is -1.63. The summed E-state index contributed by atoms with van der Waals surface area (Å²) in [6.45, 7) is 8.63. The van der Waals surface area contributed by atoms with Crippen molar-refractivity contribution in [2.24, 2.45) is 4.99 Å². The molecule has 21 heavy (non-hydrogen) atoms. The third kappa shape index (κ3) is 4.83. The molecule has 1 aromatic carbocycles. The second-order valence-electron chi connectivity index (χ2n) is 5.96. The van der Waals surface area contributed by atoms with Crippen LogP contribution in [0.1, 0.15) is 24.2 Å². The number of rotatable bonds is 5. The summed E-state index contributed by atoms with van der Waals surface area (Å²) in [5, 5.41) is 0. The minimum absolute atomic E-state index is 0.0413. The van der Waals surface area contributed by atoms with Gasteiger partial charge in [0.2, 0.25) is 8.32 Å². The molecule has 0 aliphatic rings. The van der Waals surface area contributed by atoms with E-state index < -0.39 is 8.32 Å². The monoisotopic (exact) mass is 298 g/mol. The van der Waals surface area contributed by atoms with Gasteiger partial charge in [0.1, 0.15) is 5.75 Å². The van der Waals surface area contributed by atoms with Crippen LogP contribution in [0.4, 0.5) is 0 Å². The summed E-state index contributed by atoms with van der Waals surface area (Å²) in [5.74, 6) is 0.947. The Bertz CT molecular complexity index is 606. The lowest BCUT2D eigenvalue weighted by Gasteiger charge is -2.22. The van der Waals surface area contributed by atoms with E-state index in [0.717, 1.165) is 17.0 Å². The second kappa shape index (κ2) is 6.67. The minimum Gasteiger partial charge on any atom is -0.544 e. The molecule has 0 bridgehead atoms. The number of hydrogen-bond acceptors (Lipinski definition) is 3. The van der Waals surface area contributed by atoms with Gasteiger partial charge in [-0.15, -0.1) is 0 Å². The van der Waals surface area contributed by atoms with Crippen molar-refractivity contribution >= 4 is 14.5 Å². The fraction of sp³-hybridized carbons (Fsp3) is 0.294. The lowest BCUT2D eigenvalue weighted by molar-refractivity contribution is 0.543. The van der Waals surface area contributed by atoms with Crippen LogP contribution in [0.2, 0.25) is 19.6 Å². The van der Waals surface area contributed by atoms with Gasteiger partial charge in [0, 0.05) is 18.0 Å². The first-order valence-electron chi connectivity index (χ1n) is 7.18. The van der Waals surface area contributed by atoms with Crippen molar-refractivity contribution < 1.29 is 4.43 Å². The Labute approximate surface area is 127 Å². The summed E-state index contributed by atoms with van der Waals surface area (Å²) in [6.07, 6.45) is 3.59. The normalized spacial score (nSPS) is 13.3. The Balaban J connectivity index is 2.19. The molecule has 4 heteroatoms. The quantitative estimate of drug-likeness (QED) is 0.602. The second-order valence-corrected chi connectivity index (χ2v) is 10.4. The van der Waals surface area contributed by atoms with Crippen molar-refractivity contribution in [3.63, 3.8) is 0 Å². The Hall–Kier alpha value is -1.94. The van der Waals surface area contributed by atoms with Crippen molar-refractivity contribution in [1.82, 2.24) is 4.98 Å². The first-order valence-corrected chi connectivity index (χ1v) is 10.6. The van der Waals surface area contributed by atoms with Gasteiger partial charge in [0.15, 0.2) is 0 Å². The van der Waals surface area contributed by atoms with Gasteiger partial charge < -0.3 is 4.43 Å². The highest BCUT2D eigenvalue weighted by Gasteiger charge is 2.19. The standard InChI is InChI=1S/C17H22N2OSi/c1-14(19-13-15-9-7-8-12-18-15)16-10-5-6-11-17(16)20-21(2,3)4/h5-14H,1-4H3. The zero-order valence-electron chi connectivity index (χ0n) is 13.1. The number of nitrogens with zero attached hydrogens (tertiary/aromatic N) is 2. The Morgan fingerprint density at radius 3 is 2.48 bits per heavy atom. The number of aliphatic imine (C=N–C) groups is 1. The first-order chi connectivity index (χ1) is 9.96. The number of pyridine rings is 1. The van der Waals surface area contributed by atoms with E-state index in [0.29, 0.717) is 0 Å². The van der Waals surface area contributed by atoms with Gasteiger partial charge in [0.05, 0.1) is 11.7 Å². The van der Waals surface area contributed by atoms with Crippen LogP contribution < -0.4 is 4.43 Å². The van der Waals surface area contributed by atoms with Gasteiger partial charge in [-0.3, -0.25) is 9.98 Å². The SMILES string of the molecule is CC(N=Cc1ccccn1)c1ccccc1O[Si](C)(C)C. The van der Waals surface area contributed by atoms with Gasteiger partial charge in [0.25, 0.3) is 0 Å². The molecule has 0 spiro atoms. The van der Waals surface area contributed by atoms with E-state index in [-0.39, 0.29) is 6.04 Å². The van der Waals surface area contributed by atoms with Gasteiger partial charge in [-0.2, -0.15) is 0 Å². The molecule has 1 atom stereocenters. The highest BCUT2D eigenvalue weighted by Crippen LogP contribution is 2.29. The van der Waals surface area contributed by atoms with Crippen molar-refractivity contribution in [3.05, 3.63) is 59.9 Å². The fourth-order valence-electron chi connectivity index (χ4n) is 1.97. The number of benzene rings is 1. The van der Waals surface area contributed by atoms with Crippen LogP contribution in [0.25, 0.3) is 0 Å². The van der Waals surface area contributed by atoms with E-state index in [2.05, 4.69) is 42.6 Å². The van der Waals surface area contributed by atoms with Crippen LogP contribution in [-0.2, 0) is 0 Å². The molecule has 0 radical (unpaired) electrons. The summed E-state index contributed by atoms with van der Waals surface area (Å²) >= 11 is 0. The Morgan fingerprint density at radius 1 is 1.10 bits per heavy atom. The van der Waals surface area contributed by atoms with Crippen LogP contribution in [-0.4, -0.2) is 19.5 Å². The zero-order valence-corrected chi connectivity index (χ0v) is 14.1. The molecule has 2 rings (SSSR count). The molecule has 0 saturated carbocycles. The van der Waals surface area contributed by atoms with Crippen molar-refractivity contribution in [2.45, 2.75) is 32.6 Å². The highest BCUT2D eigenvalue weighted by atomic mass is 28.4. The first kappa shape index (κ1) is 15.4. The summed E-state index contributed by atoms with van der Waals surface area (Å²) < 4.78 is 6.16. The van der Waals surface area contributed by atoms with Crippen LogP contribution in [0, 0.1) is 0 Å². The van der Waals surface area contributed by atoms with Gasteiger partial charge in [-0.1, -0.05) is 24.3 Å². The lowest BCUT2D eigenvalue weighted by Crippen LogP contribution is -2.29. The maximum atomic E-state index is 6.16. The van der Waals surface area contributed by atoms with Crippen molar-refractivity contribution in [1.29, 1.82) is 0 Å². The summed E-state index contributed by atoms with van der Waals surface area (Å²) in [5.41, 5.74) is 1.99. The molecule has 0 aliphatic heterocycles. The average Bonchev–Trinajstić information content (AvgIpc) is 2.45. The fourth-order valence-corrected chi connectivity index (χ4v) is 2.81. The summed E-state index contributed by atoms with van der Waals surface area (Å²) in [6, 6.07) is 14.0. The molecule has 3 nitrogen and oxygen atoms in total. The lowest BCUT2D eigenvalue weighted by atomic mass is 10.1. The molecule has 0 amide bonds. The van der Waals surface area contributed by atoms with E-state index in [1.807, 2.05) is 42.6 Å². The van der Waals surface area contributed by atoms with Gasteiger partial charge in [-0.25, -0.2) is 0 Å². The van der Waals surface area contributed by atoms with Crippen LogP contribution in [0.5, 0.6) is 5.75 Å². The van der Waals surface area contributed by atoms with E-state index in [1.54, 1.807) is 6.20 Å². The molecule has 1 heterocycles. The van der Waals surface area contributed by atoms with E-state index >= 15 is 0 Å². The van der Waals surface area contributed by atoms with Crippen molar-refractivity contribution in [3.8, 4) is 5.75 Å². The molecule has 2 aromatic rings. The molecule has 1 aromatic heterocycles. The third-order valence-corrected chi connectivity index (χ3v) is 3.74. The number of aromatic nitrogens is 1. The molecule has 0 N–H and O–H groups in total. The molecular formula is C17H22N2OSi. The Morgan fingerprint density at radius 2 is 1.81 bits per heavy atom. The number of hydrogen-bond donors (Lipinski definition) is 0. The maximum Gasteiger partial charge on any atom is 0.242 e. The minimum atomic E-state index is -1.63. The highest BCUT2D eigenvalue weighted by molar-refractivity contribution is 6.70.